The van der Waals surface area contributed by atoms with Gasteiger partial charge in [-0.1, -0.05) is 36.2 Å². The van der Waals surface area contributed by atoms with Crippen molar-refractivity contribution in [3.63, 3.8) is 0 Å². The highest BCUT2D eigenvalue weighted by Gasteiger charge is 2.15. The Bertz CT molecular complexity index is 975. The van der Waals surface area contributed by atoms with E-state index in [1.807, 2.05) is 23.8 Å². The molecule has 1 unspecified atom stereocenters. The smallest absolute Gasteiger partial charge is 0.291 e. The molecule has 1 atom stereocenters. The van der Waals surface area contributed by atoms with Gasteiger partial charge in [0.1, 0.15) is 12.4 Å². The Balaban J connectivity index is 0.000000735. The topological polar surface area (TPSA) is 107 Å². The molecule has 3 aromatic rings. The third-order valence-corrected chi connectivity index (χ3v) is 4.63. The zero-order valence-electron chi connectivity index (χ0n) is 15.9. The minimum atomic E-state index is -1.50. The first-order valence-corrected chi connectivity index (χ1v) is 9.52. The maximum absolute atomic E-state index is 12.5. The number of aromatic nitrogens is 2. The molecule has 0 aliphatic rings. The number of hydrogen-bond acceptors (Lipinski definition) is 5. The van der Waals surface area contributed by atoms with Gasteiger partial charge in [0.25, 0.3) is 5.09 Å². The summed E-state index contributed by atoms with van der Waals surface area (Å²) in [6, 6.07) is 12.4. The van der Waals surface area contributed by atoms with Crippen LogP contribution >= 0.6 is 23.2 Å². The molecular formula is C20H19Cl2N3O5. The van der Waals surface area contributed by atoms with Gasteiger partial charge in [0, 0.05) is 46.0 Å². The number of Topliss-reactive ketones (excluding diaryl/α,β-unsaturated/α-hetero) is 1. The SMILES string of the molecule is CC(Cn1ccnc1)C(=O)c1ccc(OCc2ccc(Cl)cc2Cl)cc1.O=[N+]([O-])O. The van der Waals surface area contributed by atoms with Crippen LogP contribution in [0.2, 0.25) is 10.0 Å². The van der Waals surface area contributed by atoms with Crippen LogP contribution in [0, 0.1) is 16.0 Å². The van der Waals surface area contributed by atoms with Crippen molar-refractivity contribution in [2.24, 2.45) is 5.92 Å². The van der Waals surface area contributed by atoms with Gasteiger partial charge in [0.05, 0.1) is 6.33 Å². The van der Waals surface area contributed by atoms with Crippen LogP contribution < -0.4 is 4.74 Å². The van der Waals surface area contributed by atoms with Crippen LogP contribution in [0.15, 0.2) is 61.2 Å². The summed E-state index contributed by atoms with van der Waals surface area (Å²) in [7, 11) is 0. The normalized spacial score (nSPS) is 11.2. The van der Waals surface area contributed by atoms with Crippen LogP contribution in [0.5, 0.6) is 5.75 Å². The number of benzene rings is 2. The fourth-order valence-electron chi connectivity index (χ4n) is 2.59. The molecule has 30 heavy (non-hydrogen) atoms. The van der Waals surface area contributed by atoms with Crippen molar-refractivity contribution in [3.8, 4) is 5.75 Å². The molecule has 0 spiro atoms. The summed E-state index contributed by atoms with van der Waals surface area (Å²) in [6.45, 7) is 2.85. The van der Waals surface area contributed by atoms with Crippen LogP contribution in [0.4, 0.5) is 0 Å². The maximum atomic E-state index is 12.5. The second kappa shape index (κ2) is 11.2. The van der Waals surface area contributed by atoms with Gasteiger partial charge >= 0.3 is 0 Å². The number of carbonyl (C=O) groups excluding carboxylic acids is 1. The fourth-order valence-corrected chi connectivity index (χ4v) is 3.06. The van der Waals surface area contributed by atoms with E-state index in [1.165, 1.54) is 0 Å². The zero-order valence-corrected chi connectivity index (χ0v) is 17.5. The highest BCUT2D eigenvalue weighted by Crippen LogP contribution is 2.23. The third-order valence-electron chi connectivity index (χ3n) is 4.04. The van der Waals surface area contributed by atoms with E-state index in [4.69, 9.17) is 43.3 Å². The highest BCUT2D eigenvalue weighted by atomic mass is 35.5. The van der Waals surface area contributed by atoms with Crippen molar-refractivity contribution in [1.29, 1.82) is 0 Å². The summed E-state index contributed by atoms with van der Waals surface area (Å²) in [5, 5.41) is 14.8. The molecule has 0 saturated heterocycles. The number of rotatable bonds is 7. The number of hydrogen-bond donors (Lipinski definition) is 1. The second-order valence-electron chi connectivity index (χ2n) is 6.31. The van der Waals surface area contributed by atoms with E-state index in [0.29, 0.717) is 34.5 Å². The van der Waals surface area contributed by atoms with Gasteiger partial charge in [-0.05, 0) is 36.4 Å². The Morgan fingerprint density at radius 3 is 2.50 bits per heavy atom. The lowest BCUT2D eigenvalue weighted by Crippen LogP contribution is -2.17. The van der Waals surface area contributed by atoms with Gasteiger partial charge in [-0.25, -0.2) is 4.98 Å². The third kappa shape index (κ3) is 7.38. The largest absolute Gasteiger partial charge is 0.489 e. The summed E-state index contributed by atoms with van der Waals surface area (Å²) in [5.74, 6) is 0.629. The summed E-state index contributed by atoms with van der Waals surface area (Å²) in [6.07, 6.45) is 5.27. The van der Waals surface area contributed by atoms with E-state index in [-0.39, 0.29) is 11.7 Å². The molecule has 0 bridgehead atoms. The number of nitrogens with zero attached hydrogens (tertiary/aromatic N) is 3. The van der Waals surface area contributed by atoms with Gasteiger partial charge in [-0.15, -0.1) is 10.1 Å². The van der Waals surface area contributed by atoms with E-state index in [0.717, 1.165) is 5.56 Å². The molecule has 0 saturated carbocycles. The molecule has 158 valence electrons. The molecule has 0 fully saturated rings. The highest BCUT2D eigenvalue weighted by molar-refractivity contribution is 6.35. The van der Waals surface area contributed by atoms with E-state index in [9.17, 15) is 4.79 Å². The van der Waals surface area contributed by atoms with Crippen LogP contribution in [-0.4, -0.2) is 25.6 Å². The second-order valence-corrected chi connectivity index (χ2v) is 7.16. The van der Waals surface area contributed by atoms with Gasteiger partial charge < -0.3 is 14.5 Å². The Hall–Kier alpha value is -3.10. The standard InChI is InChI=1S/C20H18Cl2N2O2.HNO3/c1-14(11-24-9-8-23-13-24)20(25)15-3-6-18(7-4-15)26-12-16-2-5-17(21)10-19(16)22;2-1(3)4/h2-10,13-14H,11-12H2,1H3;(H,2,3,4). The summed E-state index contributed by atoms with van der Waals surface area (Å²) in [4.78, 5) is 24.9. The Morgan fingerprint density at radius 2 is 1.93 bits per heavy atom. The Morgan fingerprint density at radius 1 is 1.27 bits per heavy atom. The van der Waals surface area contributed by atoms with E-state index < -0.39 is 5.09 Å². The minimum Gasteiger partial charge on any atom is -0.489 e. The Kier molecular flexibility index (Phi) is 8.64. The molecule has 0 amide bonds. The van der Waals surface area contributed by atoms with Crippen molar-refractivity contribution >= 4 is 29.0 Å². The summed E-state index contributed by atoms with van der Waals surface area (Å²) in [5.41, 5.74) is 1.51. The van der Waals surface area contributed by atoms with Crippen molar-refractivity contribution in [3.05, 3.63) is 92.5 Å². The number of imidazole rings is 1. The molecule has 1 heterocycles. The first-order valence-electron chi connectivity index (χ1n) is 8.76. The van der Waals surface area contributed by atoms with Crippen molar-refractivity contribution in [2.75, 3.05) is 0 Å². The predicted octanol–water partition coefficient (Wildman–Crippen LogP) is 4.94. The van der Waals surface area contributed by atoms with Crippen LogP contribution in [0.3, 0.4) is 0 Å². The van der Waals surface area contributed by atoms with Crippen molar-refractivity contribution in [1.82, 2.24) is 9.55 Å². The molecule has 1 aromatic heterocycles. The average Bonchev–Trinajstić information content (AvgIpc) is 3.20. The monoisotopic (exact) mass is 451 g/mol. The quantitative estimate of drug-likeness (QED) is 0.309. The molecule has 3 rings (SSSR count). The molecule has 8 nitrogen and oxygen atoms in total. The number of halogens is 2. The van der Waals surface area contributed by atoms with Gasteiger partial charge in [0.15, 0.2) is 5.78 Å². The predicted molar refractivity (Wildman–Crippen MR) is 112 cm³/mol. The number of ether oxygens (including phenoxy) is 1. The minimum absolute atomic E-state index is 0.0889. The first-order chi connectivity index (χ1) is 14.3. The van der Waals surface area contributed by atoms with Crippen LogP contribution in [-0.2, 0) is 13.2 Å². The lowest BCUT2D eigenvalue weighted by Gasteiger charge is -2.12. The van der Waals surface area contributed by atoms with Gasteiger partial charge in [0.2, 0.25) is 0 Å². The molecule has 0 aliphatic carbocycles. The van der Waals surface area contributed by atoms with E-state index >= 15 is 0 Å². The lowest BCUT2D eigenvalue weighted by molar-refractivity contribution is -0.742. The molecule has 0 radical (unpaired) electrons. The average molecular weight is 452 g/mol. The lowest BCUT2D eigenvalue weighted by atomic mass is 9.99. The van der Waals surface area contributed by atoms with Crippen LogP contribution in [0.25, 0.3) is 0 Å². The maximum Gasteiger partial charge on any atom is 0.291 e. The summed E-state index contributed by atoms with van der Waals surface area (Å²) >= 11 is 12.0. The van der Waals surface area contributed by atoms with Gasteiger partial charge in [-0.3, -0.25) is 4.79 Å². The zero-order chi connectivity index (χ0) is 22.1. The molecule has 10 heteroatoms. The first kappa shape index (κ1) is 23.2. The Labute approximate surface area is 182 Å². The van der Waals surface area contributed by atoms with E-state index in [2.05, 4.69) is 4.98 Å². The number of carbonyl (C=O) groups is 1. The number of ketones is 1. The summed E-state index contributed by atoms with van der Waals surface area (Å²) < 4.78 is 7.64. The molecular weight excluding hydrogens is 433 g/mol. The molecule has 0 aliphatic heterocycles. The molecule has 2 aromatic carbocycles. The molecule has 1 N–H and O–H groups in total. The van der Waals surface area contributed by atoms with Crippen molar-refractivity contribution < 1.29 is 19.8 Å². The van der Waals surface area contributed by atoms with Gasteiger partial charge in [-0.2, -0.15) is 0 Å². The van der Waals surface area contributed by atoms with E-state index in [1.54, 1.807) is 48.9 Å². The van der Waals surface area contributed by atoms with Crippen LogP contribution in [0.1, 0.15) is 22.8 Å². The fraction of sp³-hybridized carbons (Fsp3) is 0.200. The van der Waals surface area contributed by atoms with Crippen molar-refractivity contribution in [2.45, 2.75) is 20.1 Å².